The zero-order valence-corrected chi connectivity index (χ0v) is 23.3. The molecule has 3 saturated heterocycles. The number of benzene rings is 2. The van der Waals surface area contributed by atoms with Crippen LogP contribution in [0.25, 0.3) is 32.9 Å². The number of phenolic OH excluding ortho intramolecular Hbond substituents is 1. The normalized spacial score (nSPS) is 22.7. The molecule has 4 aromatic rings. The van der Waals surface area contributed by atoms with Gasteiger partial charge in [0.15, 0.2) is 5.82 Å². The summed E-state index contributed by atoms with van der Waals surface area (Å²) in [6, 6.07) is 7.07. The third-order valence-electron chi connectivity index (χ3n) is 9.00. The van der Waals surface area contributed by atoms with Crippen LogP contribution >= 0.6 is 0 Å². The van der Waals surface area contributed by atoms with E-state index in [0.29, 0.717) is 58.2 Å². The first-order chi connectivity index (χ1) is 19.9. The molecule has 0 amide bonds. The Hall–Kier alpha value is -3.63. The predicted molar refractivity (Wildman–Crippen MR) is 155 cm³/mol. The maximum atomic E-state index is 16.6. The fourth-order valence-electron chi connectivity index (χ4n) is 6.88. The topological polar surface area (TPSA) is 86.6 Å². The highest BCUT2D eigenvalue weighted by Crippen LogP contribution is 2.39. The van der Waals surface area contributed by atoms with Gasteiger partial charge in [0.1, 0.15) is 35.2 Å². The Bertz CT molecular complexity index is 1640. The summed E-state index contributed by atoms with van der Waals surface area (Å²) in [4.78, 5) is 18.4. The van der Waals surface area contributed by atoms with Crippen molar-refractivity contribution in [2.24, 2.45) is 0 Å². The number of aryl methyl sites for hydroxylation is 1. The van der Waals surface area contributed by atoms with Gasteiger partial charge in [0.2, 0.25) is 0 Å². The van der Waals surface area contributed by atoms with Gasteiger partial charge < -0.3 is 25.0 Å². The molecule has 2 aromatic heterocycles. The number of piperazine rings is 1. The lowest BCUT2D eigenvalue weighted by atomic mass is 9.94. The van der Waals surface area contributed by atoms with E-state index in [4.69, 9.17) is 9.72 Å². The number of hydrogen-bond acceptors (Lipinski definition) is 8. The lowest BCUT2D eigenvalue weighted by Crippen LogP contribution is -2.51. The first-order valence-corrected chi connectivity index (χ1v) is 14.5. The number of aromatic hydroxyl groups is 1. The van der Waals surface area contributed by atoms with Crippen molar-refractivity contribution >= 4 is 27.5 Å². The van der Waals surface area contributed by atoms with E-state index in [-0.39, 0.29) is 34.8 Å². The van der Waals surface area contributed by atoms with Gasteiger partial charge in [0.05, 0.1) is 5.39 Å². The third kappa shape index (κ3) is 4.63. The SMILES string of the molecule is CCc1c(F)ccc2cc(O)cc(-c3ncc4c(N5CC6CCC(C5)N6)nc(OCC5CCCN5C)nc4c3F)c12. The number of nitrogens with one attached hydrogen (secondary N) is 1. The van der Waals surface area contributed by atoms with E-state index < -0.39 is 5.82 Å². The highest BCUT2D eigenvalue weighted by atomic mass is 19.1. The van der Waals surface area contributed by atoms with Crippen LogP contribution in [0, 0.1) is 11.6 Å². The minimum absolute atomic E-state index is 0.00482. The molecule has 8 nitrogen and oxygen atoms in total. The Morgan fingerprint density at radius 2 is 1.90 bits per heavy atom. The van der Waals surface area contributed by atoms with E-state index in [2.05, 4.69) is 32.1 Å². The first-order valence-electron chi connectivity index (χ1n) is 14.5. The molecule has 3 fully saturated rings. The molecule has 0 saturated carbocycles. The fourth-order valence-corrected chi connectivity index (χ4v) is 6.88. The number of hydrogen-bond donors (Lipinski definition) is 2. The molecule has 2 bridgehead atoms. The van der Waals surface area contributed by atoms with E-state index in [1.54, 1.807) is 18.3 Å². The largest absolute Gasteiger partial charge is 0.508 e. The van der Waals surface area contributed by atoms with Gasteiger partial charge in [-0.15, -0.1) is 0 Å². The van der Waals surface area contributed by atoms with Crippen molar-refractivity contribution in [2.45, 2.75) is 57.2 Å². The van der Waals surface area contributed by atoms with Gasteiger partial charge in [-0.2, -0.15) is 9.97 Å². The van der Waals surface area contributed by atoms with Crippen LogP contribution in [0.2, 0.25) is 0 Å². The first kappa shape index (κ1) is 26.3. The lowest BCUT2D eigenvalue weighted by Gasteiger charge is -2.34. The Morgan fingerprint density at radius 1 is 1.10 bits per heavy atom. The van der Waals surface area contributed by atoms with Crippen molar-refractivity contribution in [1.29, 1.82) is 0 Å². The molecule has 10 heteroatoms. The van der Waals surface area contributed by atoms with Crippen molar-refractivity contribution in [3.05, 3.63) is 47.7 Å². The monoisotopic (exact) mass is 560 g/mol. The van der Waals surface area contributed by atoms with Crippen LogP contribution in [0.4, 0.5) is 14.6 Å². The minimum Gasteiger partial charge on any atom is -0.508 e. The van der Waals surface area contributed by atoms with Gasteiger partial charge in [-0.1, -0.05) is 13.0 Å². The Kier molecular flexibility index (Phi) is 6.62. The quantitative estimate of drug-likeness (QED) is 0.348. The summed E-state index contributed by atoms with van der Waals surface area (Å²) in [7, 11) is 2.08. The maximum Gasteiger partial charge on any atom is 0.319 e. The van der Waals surface area contributed by atoms with Crippen LogP contribution in [-0.2, 0) is 6.42 Å². The number of phenols is 1. The molecule has 3 aliphatic heterocycles. The summed E-state index contributed by atoms with van der Waals surface area (Å²) in [5, 5.41) is 15.8. The van der Waals surface area contributed by atoms with Crippen LogP contribution in [0.5, 0.6) is 11.8 Å². The number of likely N-dealkylation sites (tertiary alicyclic amines) is 1. The van der Waals surface area contributed by atoms with Crippen LogP contribution in [0.15, 0.2) is 30.5 Å². The number of fused-ring (bicyclic) bond motifs is 4. The number of pyridine rings is 1. The summed E-state index contributed by atoms with van der Waals surface area (Å²) in [5.74, 6) is -0.460. The van der Waals surface area contributed by atoms with Crippen LogP contribution in [-0.4, -0.2) is 76.4 Å². The Morgan fingerprint density at radius 3 is 2.63 bits per heavy atom. The summed E-state index contributed by atoms with van der Waals surface area (Å²) in [6.07, 6.45) is 6.34. The molecule has 2 N–H and O–H groups in total. The zero-order chi connectivity index (χ0) is 28.2. The number of halogens is 2. The molecule has 3 unspecified atom stereocenters. The van der Waals surface area contributed by atoms with E-state index in [0.717, 1.165) is 45.3 Å². The molecule has 3 aliphatic rings. The third-order valence-corrected chi connectivity index (χ3v) is 9.00. The second kappa shape index (κ2) is 10.3. The number of rotatable bonds is 6. The van der Waals surface area contributed by atoms with Crippen molar-refractivity contribution in [3.63, 3.8) is 0 Å². The molecule has 3 atom stereocenters. The highest BCUT2D eigenvalue weighted by Gasteiger charge is 2.34. The smallest absolute Gasteiger partial charge is 0.319 e. The minimum atomic E-state index is -0.648. The molecule has 0 aliphatic carbocycles. The van der Waals surface area contributed by atoms with Crippen molar-refractivity contribution in [3.8, 4) is 23.0 Å². The van der Waals surface area contributed by atoms with Gasteiger partial charge in [0.25, 0.3) is 0 Å². The molecule has 2 aromatic carbocycles. The van der Waals surface area contributed by atoms with Gasteiger partial charge in [0, 0.05) is 43.0 Å². The average Bonchev–Trinajstić information content (AvgIpc) is 3.54. The van der Waals surface area contributed by atoms with Crippen LogP contribution in [0.1, 0.15) is 38.2 Å². The maximum absolute atomic E-state index is 16.6. The zero-order valence-electron chi connectivity index (χ0n) is 23.3. The molecule has 214 valence electrons. The standard InChI is InChI=1S/C31H34F2N6O2/c1-3-22-25(32)9-6-17-11-21(40)12-23(26(17)22)28-27(33)29-24(13-34-28)30(39-14-18-7-8-19(15-39)35-18)37-31(36-29)41-16-20-5-4-10-38(20)2/h6,9,11-13,18-20,35,40H,3-5,7-8,10,14-16H2,1-2H3. The molecular weight excluding hydrogens is 526 g/mol. The van der Waals surface area contributed by atoms with Gasteiger partial charge in [-0.3, -0.25) is 4.98 Å². The number of likely N-dealkylation sites (N-methyl/N-ethyl adjacent to an activating group) is 1. The number of aromatic nitrogens is 3. The molecule has 41 heavy (non-hydrogen) atoms. The van der Waals surface area contributed by atoms with Gasteiger partial charge in [-0.25, -0.2) is 8.78 Å². The van der Waals surface area contributed by atoms with Crippen molar-refractivity contribution in [1.82, 2.24) is 25.2 Å². The van der Waals surface area contributed by atoms with Crippen LogP contribution < -0.4 is 15.0 Å². The van der Waals surface area contributed by atoms with Crippen molar-refractivity contribution in [2.75, 3.05) is 38.2 Å². The summed E-state index contributed by atoms with van der Waals surface area (Å²) >= 11 is 0. The lowest BCUT2D eigenvalue weighted by molar-refractivity contribution is 0.188. The summed E-state index contributed by atoms with van der Waals surface area (Å²) in [6.45, 7) is 4.80. The van der Waals surface area contributed by atoms with E-state index >= 15 is 4.39 Å². The number of ether oxygens (including phenoxy) is 1. The predicted octanol–water partition coefficient (Wildman–Crippen LogP) is 4.80. The molecule has 7 rings (SSSR count). The molecule has 0 spiro atoms. The average molecular weight is 561 g/mol. The van der Waals surface area contributed by atoms with Gasteiger partial charge in [-0.05, 0) is 80.2 Å². The Balaban J connectivity index is 1.39. The van der Waals surface area contributed by atoms with E-state index in [9.17, 15) is 9.50 Å². The second-order valence-electron chi connectivity index (χ2n) is 11.6. The Labute approximate surface area is 237 Å². The van der Waals surface area contributed by atoms with E-state index in [1.807, 2.05) is 6.92 Å². The summed E-state index contributed by atoms with van der Waals surface area (Å²) in [5.41, 5.74) is 0.881. The molecular formula is C31H34F2N6O2. The van der Waals surface area contributed by atoms with Gasteiger partial charge >= 0.3 is 6.01 Å². The van der Waals surface area contributed by atoms with Crippen molar-refractivity contribution < 1.29 is 18.6 Å². The fraction of sp³-hybridized carbons (Fsp3) is 0.452. The van der Waals surface area contributed by atoms with E-state index in [1.165, 1.54) is 12.1 Å². The number of anilines is 1. The summed E-state index contributed by atoms with van der Waals surface area (Å²) < 4.78 is 37.6. The molecule has 0 radical (unpaired) electrons. The second-order valence-corrected chi connectivity index (χ2v) is 11.6. The number of nitrogens with zero attached hydrogens (tertiary/aromatic N) is 5. The van der Waals surface area contributed by atoms with Crippen LogP contribution in [0.3, 0.4) is 0 Å². The highest BCUT2D eigenvalue weighted by molar-refractivity contribution is 6.01. The molecule has 5 heterocycles.